The zero-order valence-electron chi connectivity index (χ0n) is 13.6. The summed E-state index contributed by atoms with van der Waals surface area (Å²) in [6, 6.07) is 6.63. The van der Waals surface area contributed by atoms with Crippen LogP contribution in [0, 0.1) is 5.92 Å². The van der Waals surface area contributed by atoms with Gasteiger partial charge < -0.3 is 20.1 Å². The molecule has 0 bridgehead atoms. The Hall–Kier alpha value is -2.41. The topological polar surface area (TPSA) is 95.9 Å². The van der Waals surface area contributed by atoms with Gasteiger partial charge in [0.2, 0.25) is 5.54 Å². The summed E-state index contributed by atoms with van der Waals surface area (Å²) in [5.74, 6) is -2.15. The lowest BCUT2D eigenvalue weighted by molar-refractivity contribution is -0.158. The van der Waals surface area contributed by atoms with Gasteiger partial charge >= 0.3 is 5.97 Å². The minimum absolute atomic E-state index is 0.0368. The van der Waals surface area contributed by atoms with Gasteiger partial charge in [-0.15, -0.1) is 0 Å². The number of nitrogens with one attached hydrogen (secondary N) is 1. The standard InChI is InChI=1S/C17H20N2O5/c1-3-24-16(23)17-8-11(10(2)20)9-19(17)14(21)12-6-4-5-7-13(12)18-15(17)22/h4-7,10-11,20H,3,8-9H2,1-2H3,(H,18,22). The van der Waals surface area contributed by atoms with Crippen LogP contribution < -0.4 is 5.32 Å². The quantitative estimate of drug-likeness (QED) is 0.630. The Morgan fingerprint density at radius 1 is 1.46 bits per heavy atom. The molecular weight excluding hydrogens is 312 g/mol. The van der Waals surface area contributed by atoms with Gasteiger partial charge in [0.05, 0.1) is 24.0 Å². The predicted molar refractivity (Wildman–Crippen MR) is 85.3 cm³/mol. The average molecular weight is 332 g/mol. The van der Waals surface area contributed by atoms with Gasteiger partial charge in [0, 0.05) is 12.5 Å². The normalized spacial score (nSPS) is 27.0. The Morgan fingerprint density at radius 2 is 2.17 bits per heavy atom. The van der Waals surface area contributed by atoms with Crippen LogP contribution in [0.3, 0.4) is 0 Å². The number of aliphatic hydroxyl groups is 1. The molecule has 2 aliphatic heterocycles. The molecule has 0 radical (unpaired) electrons. The zero-order chi connectivity index (χ0) is 17.5. The van der Waals surface area contributed by atoms with E-state index in [9.17, 15) is 19.5 Å². The Labute approximate surface area is 139 Å². The van der Waals surface area contributed by atoms with E-state index < -0.39 is 29.4 Å². The largest absolute Gasteiger partial charge is 0.464 e. The van der Waals surface area contributed by atoms with Crippen LogP contribution in [0.5, 0.6) is 0 Å². The summed E-state index contributed by atoms with van der Waals surface area (Å²) in [6.45, 7) is 3.45. The number of ether oxygens (including phenoxy) is 1. The van der Waals surface area contributed by atoms with E-state index in [1.807, 2.05) is 0 Å². The molecule has 3 unspecified atom stereocenters. The highest BCUT2D eigenvalue weighted by molar-refractivity contribution is 6.20. The highest BCUT2D eigenvalue weighted by atomic mass is 16.5. The molecule has 0 spiro atoms. The molecule has 0 aromatic heterocycles. The molecule has 3 rings (SSSR count). The summed E-state index contributed by atoms with van der Waals surface area (Å²) in [6.07, 6.45) is -0.714. The number of para-hydroxylation sites is 1. The second-order valence-electron chi connectivity index (χ2n) is 6.20. The molecule has 7 heteroatoms. The van der Waals surface area contributed by atoms with E-state index in [-0.39, 0.29) is 25.5 Å². The highest BCUT2D eigenvalue weighted by Crippen LogP contribution is 2.41. The van der Waals surface area contributed by atoms with Crippen molar-refractivity contribution in [1.29, 1.82) is 0 Å². The van der Waals surface area contributed by atoms with Crippen molar-refractivity contribution in [2.24, 2.45) is 5.92 Å². The van der Waals surface area contributed by atoms with E-state index in [0.717, 1.165) is 0 Å². The molecule has 128 valence electrons. The van der Waals surface area contributed by atoms with Crippen molar-refractivity contribution in [3.63, 3.8) is 0 Å². The first kappa shape index (κ1) is 16.4. The fourth-order valence-electron chi connectivity index (χ4n) is 3.43. The second-order valence-corrected chi connectivity index (χ2v) is 6.20. The molecular formula is C17H20N2O5. The van der Waals surface area contributed by atoms with Crippen molar-refractivity contribution in [2.75, 3.05) is 18.5 Å². The number of anilines is 1. The zero-order valence-corrected chi connectivity index (χ0v) is 13.6. The molecule has 2 aliphatic rings. The maximum Gasteiger partial charge on any atom is 0.342 e. The Kier molecular flexibility index (Phi) is 4.04. The van der Waals surface area contributed by atoms with Crippen LogP contribution in [-0.2, 0) is 14.3 Å². The lowest BCUT2D eigenvalue weighted by Gasteiger charge is -2.32. The lowest BCUT2D eigenvalue weighted by Crippen LogP contribution is -2.59. The summed E-state index contributed by atoms with van der Waals surface area (Å²) in [4.78, 5) is 39.8. The summed E-state index contributed by atoms with van der Waals surface area (Å²) in [7, 11) is 0. The van der Waals surface area contributed by atoms with Crippen LogP contribution >= 0.6 is 0 Å². The first-order valence-corrected chi connectivity index (χ1v) is 7.99. The Morgan fingerprint density at radius 3 is 2.83 bits per heavy atom. The van der Waals surface area contributed by atoms with Gasteiger partial charge in [0.1, 0.15) is 0 Å². The van der Waals surface area contributed by atoms with E-state index in [4.69, 9.17) is 4.74 Å². The van der Waals surface area contributed by atoms with Crippen molar-refractivity contribution in [3.8, 4) is 0 Å². The second kappa shape index (κ2) is 5.90. The smallest absolute Gasteiger partial charge is 0.342 e. The molecule has 2 heterocycles. The van der Waals surface area contributed by atoms with Crippen LogP contribution in [0.2, 0.25) is 0 Å². The van der Waals surface area contributed by atoms with Gasteiger partial charge in [-0.1, -0.05) is 12.1 Å². The van der Waals surface area contributed by atoms with Crippen molar-refractivity contribution in [3.05, 3.63) is 29.8 Å². The lowest BCUT2D eigenvalue weighted by atomic mass is 9.89. The molecule has 7 nitrogen and oxygen atoms in total. The molecule has 0 saturated carbocycles. The van der Waals surface area contributed by atoms with Gasteiger partial charge in [0.25, 0.3) is 11.8 Å². The van der Waals surface area contributed by atoms with Gasteiger partial charge in [-0.2, -0.15) is 0 Å². The number of esters is 1. The van der Waals surface area contributed by atoms with Crippen LogP contribution in [0.1, 0.15) is 30.6 Å². The molecule has 1 aromatic rings. The van der Waals surface area contributed by atoms with E-state index >= 15 is 0 Å². The third-order valence-electron chi connectivity index (χ3n) is 4.76. The maximum atomic E-state index is 13.0. The van der Waals surface area contributed by atoms with Crippen LogP contribution in [0.15, 0.2) is 24.3 Å². The highest BCUT2D eigenvalue weighted by Gasteiger charge is 2.61. The van der Waals surface area contributed by atoms with E-state index in [0.29, 0.717) is 11.3 Å². The minimum atomic E-state index is -1.74. The first-order valence-electron chi connectivity index (χ1n) is 7.99. The van der Waals surface area contributed by atoms with E-state index in [2.05, 4.69) is 5.32 Å². The van der Waals surface area contributed by atoms with E-state index in [1.54, 1.807) is 38.1 Å². The minimum Gasteiger partial charge on any atom is -0.464 e. The summed E-state index contributed by atoms with van der Waals surface area (Å²) >= 11 is 0. The number of benzene rings is 1. The molecule has 2 amide bonds. The number of carbonyl (C=O) groups excluding carboxylic acids is 3. The number of carbonyl (C=O) groups is 3. The molecule has 3 atom stereocenters. The van der Waals surface area contributed by atoms with Gasteiger partial charge in [0.15, 0.2) is 0 Å². The summed E-state index contributed by atoms with van der Waals surface area (Å²) in [5.41, 5.74) is -1.05. The number of amides is 2. The molecule has 0 aliphatic carbocycles. The summed E-state index contributed by atoms with van der Waals surface area (Å²) < 4.78 is 5.11. The van der Waals surface area contributed by atoms with Gasteiger partial charge in [-0.05, 0) is 32.4 Å². The van der Waals surface area contributed by atoms with Crippen molar-refractivity contribution < 1.29 is 24.2 Å². The molecule has 24 heavy (non-hydrogen) atoms. The molecule has 2 N–H and O–H groups in total. The van der Waals surface area contributed by atoms with Crippen LogP contribution in [0.25, 0.3) is 0 Å². The average Bonchev–Trinajstić information content (AvgIpc) is 2.93. The van der Waals surface area contributed by atoms with Crippen molar-refractivity contribution in [1.82, 2.24) is 4.90 Å². The third-order valence-corrected chi connectivity index (χ3v) is 4.76. The van der Waals surface area contributed by atoms with Crippen molar-refractivity contribution >= 4 is 23.5 Å². The summed E-state index contributed by atoms with van der Waals surface area (Å²) in [5, 5.41) is 12.6. The predicted octanol–water partition coefficient (Wildman–Crippen LogP) is 0.783. The van der Waals surface area contributed by atoms with E-state index in [1.165, 1.54) is 4.90 Å². The fraction of sp³-hybridized carbons (Fsp3) is 0.471. The number of hydrogen-bond acceptors (Lipinski definition) is 5. The third kappa shape index (κ3) is 2.27. The SMILES string of the molecule is CCOC(=O)C12CC(C(C)O)CN1C(=O)c1ccccc1NC2=O. The van der Waals surface area contributed by atoms with Gasteiger partial charge in [-0.3, -0.25) is 9.59 Å². The number of nitrogens with zero attached hydrogens (tertiary/aromatic N) is 1. The van der Waals surface area contributed by atoms with Crippen LogP contribution in [0.4, 0.5) is 5.69 Å². The monoisotopic (exact) mass is 332 g/mol. The Bertz CT molecular complexity index is 702. The van der Waals surface area contributed by atoms with Crippen molar-refractivity contribution in [2.45, 2.75) is 31.9 Å². The molecule has 1 aromatic carbocycles. The Balaban J connectivity index is 2.13. The fourth-order valence-corrected chi connectivity index (χ4v) is 3.43. The molecule has 1 fully saturated rings. The first-order chi connectivity index (χ1) is 11.4. The number of fused-ring (bicyclic) bond motifs is 2. The van der Waals surface area contributed by atoms with Gasteiger partial charge in [-0.25, -0.2) is 4.79 Å². The number of hydrogen-bond donors (Lipinski definition) is 2. The number of aliphatic hydroxyl groups excluding tert-OH is 1. The maximum absolute atomic E-state index is 13.0. The van der Waals surface area contributed by atoms with Crippen LogP contribution in [-0.4, -0.2) is 52.6 Å². The molecule has 1 saturated heterocycles. The number of rotatable bonds is 3.